The second kappa shape index (κ2) is 7.22. The Hall–Kier alpha value is -2.28. The van der Waals surface area contributed by atoms with E-state index < -0.39 is 0 Å². The van der Waals surface area contributed by atoms with E-state index in [9.17, 15) is 5.11 Å². The third-order valence-corrected chi connectivity index (χ3v) is 2.51. The lowest BCUT2D eigenvalue weighted by Gasteiger charge is -2.03. The maximum atomic E-state index is 9.63. The first-order valence-electron chi connectivity index (χ1n) is 6.21. The van der Waals surface area contributed by atoms with E-state index in [2.05, 4.69) is 4.98 Å². The van der Waals surface area contributed by atoms with E-state index in [4.69, 9.17) is 10.1 Å². The van der Waals surface area contributed by atoms with Crippen LogP contribution in [0.1, 0.15) is 31.9 Å². The fourth-order valence-corrected chi connectivity index (χ4v) is 1.70. The molecular formula is C15H19N2O2+. The monoisotopic (exact) mass is 259 g/mol. The molecule has 0 unspecified atom stereocenters. The van der Waals surface area contributed by atoms with Crippen molar-refractivity contribution in [3.8, 4) is 0 Å². The Morgan fingerprint density at radius 2 is 2.05 bits per heavy atom. The Labute approximate surface area is 113 Å². The molecule has 0 aromatic heterocycles. The number of allylic oxidation sites excluding steroid dienone is 2. The van der Waals surface area contributed by atoms with Crippen molar-refractivity contribution in [2.75, 3.05) is 6.61 Å². The zero-order valence-electron chi connectivity index (χ0n) is 11.6. The van der Waals surface area contributed by atoms with Gasteiger partial charge in [0.05, 0.1) is 13.0 Å². The van der Waals surface area contributed by atoms with Gasteiger partial charge in [0, 0.05) is 0 Å². The van der Waals surface area contributed by atoms with Crippen molar-refractivity contribution in [1.82, 2.24) is 0 Å². The number of diazo groups is 1. The highest BCUT2D eigenvalue weighted by Gasteiger charge is 2.22. The van der Waals surface area contributed by atoms with Crippen molar-refractivity contribution in [1.29, 1.82) is 5.39 Å². The molecule has 1 N–H and O–H groups in total. The molecule has 0 fully saturated rings. The summed E-state index contributed by atoms with van der Waals surface area (Å²) in [7, 11) is 0. The van der Waals surface area contributed by atoms with E-state index >= 15 is 0 Å². The van der Waals surface area contributed by atoms with E-state index in [-0.39, 0.29) is 11.6 Å². The highest BCUT2D eigenvalue weighted by atomic mass is 16.6. The smallest absolute Gasteiger partial charge is 0.444 e. The summed E-state index contributed by atoms with van der Waals surface area (Å²) in [4.78, 5) is 3.11. The lowest BCUT2D eigenvalue weighted by atomic mass is 10.0. The fraction of sp³-hybridized carbons (Fsp3) is 0.333. The van der Waals surface area contributed by atoms with Gasteiger partial charge in [-0.25, -0.2) is 0 Å². The van der Waals surface area contributed by atoms with Crippen LogP contribution in [-0.4, -0.2) is 11.7 Å². The first-order chi connectivity index (χ1) is 9.08. The number of aliphatic hydroxyl groups excluding tert-OH is 1. The molecule has 0 radical (unpaired) electrons. The molecule has 19 heavy (non-hydrogen) atoms. The predicted molar refractivity (Wildman–Crippen MR) is 75.8 cm³/mol. The van der Waals surface area contributed by atoms with Crippen LogP contribution in [-0.2, 0) is 11.2 Å². The number of rotatable bonds is 5. The molecule has 1 aromatic carbocycles. The zero-order chi connectivity index (χ0) is 14.3. The number of benzene rings is 1. The largest absolute Gasteiger partial charge is 0.475 e. The number of hydrogen-bond acceptors (Lipinski definition) is 3. The topological polar surface area (TPSA) is 57.6 Å². The van der Waals surface area contributed by atoms with E-state index in [1.807, 2.05) is 44.2 Å². The highest BCUT2D eigenvalue weighted by molar-refractivity contribution is 5.56. The van der Waals surface area contributed by atoms with Crippen molar-refractivity contribution in [3.05, 3.63) is 57.6 Å². The number of ether oxygens (including phenoxy) is 1. The minimum absolute atomic E-state index is 0.122. The minimum Gasteiger partial charge on any atom is -0.475 e. The summed E-state index contributed by atoms with van der Waals surface area (Å²) >= 11 is 0. The number of aliphatic hydroxyl groups is 1. The van der Waals surface area contributed by atoms with Crippen LogP contribution >= 0.6 is 0 Å². The van der Waals surface area contributed by atoms with Crippen molar-refractivity contribution in [2.24, 2.45) is 0 Å². The predicted octanol–water partition coefficient (Wildman–Crippen LogP) is 4.27. The van der Waals surface area contributed by atoms with Gasteiger partial charge in [-0.15, -0.1) is 0 Å². The fourth-order valence-electron chi connectivity index (χ4n) is 1.70. The molecule has 0 saturated carbocycles. The van der Waals surface area contributed by atoms with Crippen molar-refractivity contribution in [2.45, 2.75) is 27.2 Å². The van der Waals surface area contributed by atoms with Crippen LogP contribution in [0.5, 0.6) is 0 Å². The summed E-state index contributed by atoms with van der Waals surface area (Å²) in [5.41, 5.74) is 3.29. The maximum Gasteiger partial charge on any atom is 0.444 e. The summed E-state index contributed by atoms with van der Waals surface area (Å²) in [6.45, 7) is 6.10. The molecular weight excluding hydrogens is 240 g/mol. The van der Waals surface area contributed by atoms with Gasteiger partial charge in [-0.1, -0.05) is 35.9 Å². The van der Waals surface area contributed by atoms with Gasteiger partial charge < -0.3 is 9.84 Å². The third kappa shape index (κ3) is 4.47. The molecule has 0 bridgehead atoms. The van der Waals surface area contributed by atoms with Crippen LogP contribution in [0.2, 0.25) is 0 Å². The molecule has 0 aliphatic carbocycles. The van der Waals surface area contributed by atoms with Crippen LogP contribution in [0.4, 0.5) is 0 Å². The van der Waals surface area contributed by atoms with Gasteiger partial charge in [-0.2, -0.15) is 0 Å². The molecule has 0 spiro atoms. The molecule has 1 aromatic rings. The molecule has 1 rings (SSSR count). The van der Waals surface area contributed by atoms with E-state index in [0.717, 1.165) is 11.1 Å². The highest BCUT2D eigenvalue weighted by Crippen LogP contribution is 2.19. The van der Waals surface area contributed by atoms with Crippen molar-refractivity contribution in [3.63, 3.8) is 0 Å². The van der Waals surface area contributed by atoms with Gasteiger partial charge in [0.15, 0.2) is 4.98 Å². The summed E-state index contributed by atoms with van der Waals surface area (Å²) in [6, 6.07) is 7.76. The van der Waals surface area contributed by atoms with Gasteiger partial charge in [0.1, 0.15) is 0 Å². The van der Waals surface area contributed by atoms with Crippen LogP contribution in [0.3, 0.4) is 0 Å². The van der Waals surface area contributed by atoms with Gasteiger partial charge in [-0.3, -0.25) is 0 Å². The van der Waals surface area contributed by atoms with Gasteiger partial charge in [-0.05, 0) is 31.9 Å². The Morgan fingerprint density at radius 3 is 2.63 bits per heavy atom. The van der Waals surface area contributed by atoms with Gasteiger partial charge in [0.25, 0.3) is 0 Å². The summed E-state index contributed by atoms with van der Waals surface area (Å²) in [6.07, 6.45) is 2.35. The molecule has 0 atom stereocenters. The SMILES string of the molecule is CCO/C(O)=C(\Cc1ccccc1C=C(C)C)[N+]#N. The standard InChI is InChI=1S/C15H18N2O2/c1-4-19-15(18)14(17-16)10-13-8-6-5-7-12(13)9-11(2)3/h5-9H,4,10H2,1-3H3/p+1/b15-14+. The van der Waals surface area contributed by atoms with E-state index in [0.29, 0.717) is 13.0 Å². The average Bonchev–Trinajstić information content (AvgIpc) is 2.37. The molecule has 100 valence electrons. The zero-order valence-corrected chi connectivity index (χ0v) is 11.6. The number of nitrogens with zero attached hydrogens (tertiary/aromatic N) is 2. The van der Waals surface area contributed by atoms with Crippen LogP contribution in [0.15, 0.2) is 41.5 Å². The normalized spacial score (nSPS) is 11.3. The Balaban J connectivity index is 3.09. The molecule has 0 aliphatic rings. The average molecular weight is 259 g/mol. The van der Waals surface area contributed by atoms with Gasteiger partial charge >= 0.3 is 11.6 Å². The number of hydrogen-bond donors (Lipinski definition) is 1. The second-order valence-corrected chi connectivity index (χ2v) is 4.38. The summed E-state index contributed by atoms with van der Waals surface area (Å²) in [5.74, 6) is -0.336. The Bertz CT molecular complexity index is 535. The molecule has 0 saturated heterocycles. The molecule has 0 amide bonds. The third-order valence-electron chi connectivity index (χ3n) is 2.51. The van der Waals surface area contributed by atoms with Crippen LogP contribution in [0, 0.1) is 5.39 Å². The van der Waals surface area contributed by atoms with E-state index in [1.54, 1.807) is 6.92 Å². The summed E-state index contributed by atoms with van der Waals surface area (Å²) in [5, 5.41) is 18.6. The Morgan fingerprint density at radius 1 is 1.37 bits per heavy atom. The first kappa shape index (κ1) is 14.8. The van der Waals surface area contributed by atoms with Crippen LogP contribution in [0.25, 0.3) is 11.1 Å². The van der Waals surface area contributed by atoms with E-state index in [1.165, 1.54) is 5.57 Å². The van der Waals surface area contributed by atoms with Crippen LogP contribution < -0.4 is 0 Å². The Kier molecular flexibility index (Phi) is 5.62. The minimum atomic E-state index is -0.336. The second-order valence-electron chi connectivity index (χ2n) is 4.38. The molecule has 0 heterocycles. The molecule has 4 nitrogen and oxygen atoms in total. The van der Waals surface area contributed by atoms with Gasteiger partial charge in [0.2, 0.25) is 5.39 Å². The van der Waals surface area contributed by atoms with Crippen molar-refractivity contribution >= 4 is 6.08 Å². The maximum absolute atomic E-state index is 9.63. The lowest BCUT2D eigenvalue weighted by Crippen LogP contribution is -1.98. The van der Waals surface area contributed by atoms with Crippen molar-refractivity contribution < 1.29 is 9.84 Å². The lowest BCUT2D eigenvalue weighted by molar-refractivity contribution is 0.0982. The first-order valence-corrected chi connectivity index (χ1v) is 6.21. The molecule has 4 heteroatoms. The quantitative estimate of drug-likeness (QED) is 0.634. The molecule has 0 aliphatic heterocycles. The summed E-state index contributed by atoms with van der Waals surface area (Å²) < 4.78 is 4.95.